The Kier molecular flexibility index (Phi) is 3.68. The number of hydrogen-bond donors (Lipinski definition) is 1. The molecule has 2 aromatic rings. The molecule has 19 heavy (non-hydrogen) atoms. The van der Waals surface area contributed by atoms with Gasteiger partial charge in [0.1, 0.15) is 0 Å². The minimum Gasteiger partial charge on any atom is -0.377 e. The van der Waals surface area contributed by atoms with E-state index < -0.39 is 0 Å². The molecule has 1 nitrogen and oxygen atoms in total. The average molecular weight is 381 g/mol. The number of hydrogen-bond acceptors (Lipinski definition) is 1. The topological polar surface area (TPSA) is 12.0 Å². The molecule has 0 aliphatic heterocycles. The number of fused-ring (bicyclic) bond motifs is 1. The predicted molar refractivity (Wildman–Crippen MR) is 87.7 cm³/mol. The molecule has 0 bridgehead atoms. The van der Waals surface area contributed by atoms with Crippen LogP contribution in [-0.2, 0) is 6.42 Å². The first-order valence-corrected chi connectivity index (χ1v) is 8.04. The first-order chi connectivity index (χ1) is 9.15. The summed E-state index contributed by atoms with van der Waals surface area (Å²) in [4.78, 5) is 0. The summed E-state index contributed by atoms with van der Waals surface area (Å²) in [5, 5.41) is 3.66. The van der Waals surface area contributed by atoms with E-state index in [1.807, 2.05) is 0 Å². The van der Waals surface area contributed by atoms with Gasteiger partial charge in [-0.3, -0.25) is 0 Å². The van der Waals surface area contributed by atoms with E-state index in [1.54, 1.807) is 0 Å². The van der Waals surface area contributed by atoms with Crippen molar-refractivity contribution in [1.29, 1.82) is 0 Å². The molecule has 0 radical (unpaired) electrons. The largest absolute Gasteiger partial charge is 0.377 e. The van der Waals surface area contributed by atoms with E-state index >= 15 is 0 Å². The van der Waals surface area contributed by atoms with Crippen LogP contribution in [0.5, 0.6) is 0 Å². The quantitative estimate of drug-likeness (QED) is 0.712. The van der Waals surface area contributed by atoms with Crippen LogP contribution in [0.3, 0.4) is 0 Å². The normalized spacial score (nSPS) is 17.3. The molecule has 3 rings (SSSR count). The third-order valence-corrected chi connectivity index (χ3v) is 5.25. The lowest BCUT2D eigenvalue weighted by Gasteiger charge is -2.17. The van der Waals surface area contributed by atoms with Gasteiger partial charge in [0.15, 0.2) is 0 Å². The van der Waals surface area contributed by atoms with Crippen molar-refractivity contribution in [2.45, 2.75) is 25.8 Å². The third kappa shape index (κ3) is 2.59. The van der Waals surface area contributed by atoms with Gasteiger partial charge in [-0.15, -0.1) is 0 Å². The number of nitrogens with one attached hydrogen (secondary N) is 1. The van der Waals surface area contributed by atoms with Crippen LogP contribution in [0.4, 0.5) is 5.69 Å². The summed E-state index contributed by atoms with van der Waals surface area (Å²) in [6, 6.07) is 13.4. The highest BCUT2D eigenvalue weighted by molar-refractivity contribution is 9.11. The number of benzene rings is 2. The number of rotatable bonds is 2. The molecule has 1 aliphatic rings. The van der Waals surface area contributed by atoms with Gasteiger partial charge in [0, 0.05) is 14.6 Å². The van der Waals surface area contributed by atoms with Crippen LogP contribution in [0.15, 0.2) is 45.3 Å². The summed E-state index contributed by atoms with van der Waals surface area (Å²) >= 11 is 7.21. The molecule has 0 saturated carbocycles. The van der Waals surface area contributed by atoms with Gasteiger partial charge in [-0.05, 0) is 70.6 Å². The Labute approximate surface area is 130 Å². The first-order valence-electron chi connectivity index (χ1n) is 6.45. The van der Waals surface area contributed by atoms with Crippen LogP contribution < -0.4 is 5.32 Å². The smallest absolute Gasteiger partial charge is 0.0520 e. The molecule has 98 valence electrons. The highest BCUT2D eigenvalue weighted by atomic mass is 79.9. The fourth-order valence-corrected chi connectivity index (χ4v) is 3.47. The Morgan fingerprint density at radius 1 is 1.16 bits per heavy atom. The van der Waals surface area contributed by atoms with Gasteiger partial charge >= 0.3 is 0 Å². The lowest BCUT2D eigenvalue weighted by atomic mass is 10.1. The molecule has 0 fully saturated rings. The van der Waals surface area contributed by atoms with E-state index in [4.69, 9.17) is 0 Å². The standard InChI is InChI=1S/C16H15Br2N/c1-10-3-2-4-15(16(10)18)19-14-8-5-11-9-12(17)6-7-13(11)14/h2-4,6-7,9,14,19H,5,8H2,1H3. The molecular weight excluding hydrogens is 366 g/mol. The van der Waals surface area contributed by atoms with Crippen molar-refractivity contribution in [3.05, 3.63) is 62.0 Å². The molecule has 0 amide bonds. The van der Waals surface area contributed by atoms with E-state index in [-0.39, 0.29) is 0 Å². The molecule has 3 heteroatoms. The zero-order valence-corrected chi connectivity index (χ0v) is 13.9. The molecule has 1 aliphatic carbocycles. The Morgan fingerprint density at radius 2 is 2.00 bits per heavy atom. The van der Waals surface area contributed by atoms with E-state index in [9.17, 15) is 0 Å². The van der Waals surface area contributed by atoms with Crippen LogP contribution in [0, 0.1) is 6.92 Å². The maximum atomic E-state index is 3.67. The van der Waals surface area contributed by atoms with Crippen molar-refractivity contribution >= 4 is 37.5 Å². The lowest BCUT2D eigenvalue weighted by molar-refractivity contribution is 0.761. The highest BCUT2D eigenvalue weighted by Gasteiger charge is 2.22. The van der Waals surface area contributed by atoms with E-state index in [0.29, 0.717) is 6.04 Å². The average Bonchev–Trinajstić information content (AvgIpc) is 2.77. The fraction of sp³-hybridized carbons (Fsp3) is 0.250. The lowest BCUT2D eigenvalue weighted by Crippen LogP contribution is -2.07. The van der Waals surface area contributed by atoms with Gasteiger partial charge in [-0.1, -0.05) is 34.1 Å². The van der Waals surface area contributed by atoms with Gasteiger partial charge in [0.25, 0.3) is 0 Å². The molecule has 1 atom stereocenters. The fourth-order valence-electron chi connectivity index (χ4n) is 2.68. The van der Waals surface area contributed by atoms with Crippen molar-refractivity contribution in [3.63, 3.8) is 0 Å². The van der Waals surface area contributed by atoms with Gasteiger partial charge in [-0.25, -0.2) is 0 Å². The second kappa shape index (κ2) is 5.29. The molecule has 2 aromatic carbocycles. The molecule has 1 N–H and O–H groups in total. The van der Waals surface area contributed by atoms with Crippen molar-refractivity contribution in [1.82, 2.24) is 0 Å². The minimum atomic E-state index is 0.418. The van der Waals surface area contributed by atoms with Crippen LogP contribution in [0.1, 0.15) is 29.2 Å². The molecule has 0 heterocycles. The number of halogens is 2. The molecule has 0 saturated heterocycles. The molecular formula is C16H15Br2N. The zero-order chi connectivity index (χ0) is 13.4. The summed E-state index contributed by atoms with van der Waals surface area (Å²) in [5.41, 5.74) is 5.33. The molecule has 1 unspecified atom stereocenters. The van der Waals surface area contributed by atoms with Crippen LogP contribution in [-0.4, -0.2) is 0 Å². The number of anilines is 1. The van der Waals surface area contributed by atoms with Crippen molar-refractivity contribution < 1.29 is 0 Å². The summed E-state index contributed by atoms with van der Waals surface area (Å²) in [7, 11) is 0. The van der Waals surface area contributed by atoms with Crippen molar-refractivity contribution in [2.75, 3.05) is 5.32 Å². The zero-order valence-electron chi connectivity index (χ0n) is 10.7. The first kappa shape index (κ1) is 13.2. The Morgan fingerprint density at radius 3 is 2.84 bits per heavy atom. The minimum absolute atomic E-state index is 0.418. The predicted octanol–water partition coefficient (Wildman–Crippen LogP) is 5.62. The number of aryl methyl sites for hydroxylation is 2. The molecule has 0 aromatic heterocycles. The second-order valence-electron chi connectivity index (χ2n) is 5.02. The van der Waals surface area contributed by atoms with Crippen LogP contribution in [0.2, 0.25) is 0 Å². The van der Waals surface area contributed by atoms with Crippen LogP contribution in [0.25, 0.3) is 0 Å². The van der Waals surface area contributed by atoms with E-state index in [1.165, 1.54) is 31.3 Å². The third-order valence-electron chi connectivity index (χ3n) is 3.70. The summed E-state index contributed by atoms with van der Waals surface area (Å²) < 4.78 is 2.34. The van der Waals surface area contributed by atoms with E-state index in [2.05, 4.69) is 80.5 Å². The van der Waals surface area contributed by atoms with Gasteiger partial charge in [0.05, 0.1) is 6.04 Å². The Hall–Kier alpha value is -0.800. The highest BCUT2D eigenvalue weighted by Crippen LogP contribution is 2.37. The summed E-state index contributed by atoms with van der Waals surface area (Å²) in [5.74, 6) is 0. The summed E-state index contributed by atoms with van der Waals surface area (Å²) in [6.07, 6.45) is 2.31. The molecule has 0 spiro atoms. The van der Waals surface area contributed by atoms with Gasteiger partial charge in [0.2, 0.25) is 0 Å². The van der Waals surface area contributed by atoms with Crippen molar-refractivity contribution in [2.24, 2.45) is 0 Å². The maximum absolute atomic E-state index is 3.67. The van der Waals surface area contributed by atoms with Gasteiger partial charge in [-0.2, -0.15) is 0 Å². The van der Waals surface area contributed by atoms with Crippen LogP contribution >= 0.6 is 31.9 Å². The van der Waals surface area contributed by atoms with Gasteiger partial charge < -0.3 is 5.32 Å². The monoisotopic (exact) mass is 379 g/mol. The summed E-state index contributed by atoms with van der Waals surface area (Å²) in [6.45, 7) is 2.12. The SMILES string of the molecule is Cc1cccc(NC2CCc3cc(Br)ccc32)c1Br. The van der Waals surface area contributed by atoms with Crippen molar-refractivity contribution in [3.8, 4) is 0 Å². The maximum Gasteiger partial charge on any atom is 0.0520 e. The van der Waals surface area contributed by atoms with E-state index in [0.717, 1.165) is 12.8 Å². The second-order valence-corrected chi connectivity index (χ2v) is 6.72. The Bertz CT molecular complexity index is 622. The Balaban J connectivity index is 1.89.